The lowest BCUT2D eigenvalue weighted by Crippen LogP contribution is -2.54. The van der Waals surface area contributed by atoms with Crippen LogP contribution < -0.4 is 10.6 Å². The van der Waals surface area contributed by atoms with Gasteiger partial charge in [0.05, 0.1) is 7.11 Å². The molecule has 3 N–H and O–H groups in total. The number of carbonyl (C=O) groups is 3. The number of nitrogens with one attached hydrogen (secondary N) is 2. The summed E-state index contributed by atoms with van der Waals surface area (Å²) in [5, 5.41) is 14.8. The van der Waals surface area contributed by atoms with Gasteiger partial charge in [0.2, 0.25) is 5.91 Å². The molecule has 32 heavy (non-hydrogen) atoms. The van der Waals surface area contributed by atoms with Crippen LogP contribution in [0.1, 0.15) is 31.4 Å². The Kier molecular flexibility index (Phi) is 9.53. The van der Waals surface area contributed by atoms with E-state index in [9.17, 15) is 19.5 Å². The Balaban J connectivity index is 2.12. The van der Waals surface area contributed by atoms with Crippen LogP contribution in [-0.4, -0.2) is 42.3 Å². The van der Waals surface area contributed by atoms with Gasteiger partial charge >= 0.3 is 12.1 Å². The molecule has 0 aliphatic heterocycles. The van der Waals surface area contributed by atoms with Crippen molar-refractivity contribution in [3.63, 3.8) is 0 Å². The first-order chi connectivity index (χ1) is 15.3. The Bertz CT molecular complexity index is 885. The molecular formula is C24H30N2O6. The van der Waals surface area contributed by atoms with E-state index in [1.807, 2.05) is 44.2 Å². The zero-order valence-electron chi connectivity index (χ0n) is 18.5. The summed E-state index contributed by atoms with van der Waals surface area (Å²) in [6.45, 7) is 3.79. The molecule has 2 amide bonds. The fourth-order valence-corrected chi connectivity index (χ4v) is 3.03. The normalized spacial score (nSPS) is 13.3. The second-order valence-electron chi connectivity index (χ2n) is 7.52. The van der Waals surface area contributed by atoms with Gasteiger partial charge in [-0.1, -0.05) is 62.7 Å². The number of methoxy groups -OCH3 is 1. The number of hydrogen-bond acceptors (Lipinski definition) is 6. The molecule has 2 aromatic carbocycles. The highest BCUT2D eigenvalue weighted by Gasteiger charge is 2.30. The van der Waals surface area contributed by atoms with Gasteiger partial charge < -0.3 is 25.2 Å². The van der Waals surface area contributed by atoms with Gasteiger partial charge in [0, 0.05) is 6.42 Å². The SMILES string of the molecule is CCC(C)[C@H](NC(=O)C(Cc1ccc(O)cc1)NC(=O)OCc1ccccc1)C(=O)OC. The first-order valence-corrected chi connectivity index (χ1v) is 10.5. The molecule has 0 saturated heterocycles. The van der Waals surface area contributed by atoms with E-state index in [0.29, 0.717) is 12.0 Å². The van der Waals surface area contributed by atoms with E-state index in [0.717, 1.165) is 5.56 Å². The molecule has 2 aromatic rings. The highest BCUT2D eigenvalue weighted by atomic mass is 16.5. The molecule has 172 valence electrons. The van der Waals surface area contributed by atoms with Crippen molar-refractivity contribution in [1.82, 2.24) is 10.6 Å². The Morgan fingerprint density at radius 1 is 0.969 bits per heavy atom. The molecule has 8 heteroatoms. The van der Waals surface area contributed by atoms with Gasteiger partial charge in [0.1, 0.15) is 24.4 Å². The minimum Gasteiger partial charge on any atom is -0.508 e. The number of carbonyl (C=O) groups excluding carboxylic acids is 3. The van der Waals surface area contributed by atoms with Crippen LogP contribution in [0.15, 0.2) is 54.6 Å². The maximum atomic E-state index is 13.0. The van der Waals surface area contributed by atoms with E-state index in [1.165, 1.54) is 19.2 Å². The van der Waals surface area contributed by atoms with Gasteiger partial charge in [0.25, 0.3) is 0 Å². The number of rotatable bonds is 10. The summed E-state index contributed by atoms with van der Waals surface area (Å²) in [6.07, 6.45) is 0.0295. The first kappa shape index (κ1) is 24.7. The van der Waals surface area contributed by atoms with Crippen molar-refractivity contribution in [2.45, 2.75) is 45.4 Å². The Morgan fingerprint density at radius 2 is 1.62 bits per heavy atom. The minimum atomic E-state index is -1.00. The molecule has 8 nitrogen and oxygen atoms in total. The lowest BCUT2D eigenvalue weighted by atomic mass is 9.98. The second-order valence-corrected chi connectivity index (χ2v) is 7.52. The fraction of sp³-hybridized carbons (Fsp3) is 0.375. The van der Waals surface area contributed by atoms with Gasteiger partial charge in [-0.15, -0.1) is 0 Å². The number of alkyl carbamates (subject to hydrolysis) is 1. The number of phenols is 1. The molecule has 0 fully saturated rings. The average Bonchev–Trinajstić information content (AvgIpc) is 2.81. The van der Waals surface area contributed by atoms with Crippen molar-refractivity contribution >= 4 is 18.0 Å². The van der Waals surface area contributed by atoms with Gasteiger partial charge in [-0.2, -0.15) is 0 Å². The molecule has 0 saturated carbocycles. The van der Waals surface area contributed by atoms with Crippen molar-refractivity contribution in [1.29, 1.82) is 0 Å². The van der Waals surface area contributed by atoms with Crippen LogP contribution in [-0.2, 0) is 32.1 Å². The minimum absolute atomic E-state index is 0.0534. The Morgan fingerprint density at radius 3 is 2.22 bits per heavy atom. The maximum Gasteiger partial charge on any atom is 0.408 e. The summed E-state index contributed by atoms with van der Waals surface area (Å²) in [5.74, 6) is -1.16. The molecule has 0 radical (unpaired) electrons. The maximum absolute atomic E-state index is 13.0. The van der Waals surface area contributed by atoms with E-state index >= 15 is 0 Å². The molecule has 0 spiro atoms. The molecule has 0 aliphatic carbocycles. The predicted octanol–water partition coefficient (Wildman–Crippen LogP) is 2.93. The molecule has 0 aliphatic rings. The quantitative estimate of drug-likeness (QED) is 0.488. The number of amides is 2. The number of aromatic hydroxyl groups is 1. The lowest BCUT2D eigenvalue weighted by Gasteiger charge is -2.25. The van der Waals surface area contributed by atoms with Crippen molar-refractivity contribution in [2.24, 2.45) is 5.92 Å². The number of esters is 1. The average molecular weight is 443 g/mol. The Labute approximate surface area is 187 Å². The summed E-state index contributed by atoms with van der Waals surface area (Å²) in [6, 6.07) is 13.6. The zero-order chi connectivity index (χ0) is 23.5. The summed E-state index contributed by atoms with van der Waals surface area (Å²) < 4.78 is 10.1. The van der Waals surface area contributed by atoms with E-state index in [4.69, 9.17) is 9.47 Å². The molecule has 0 aromatic heterocycles. The van der Waals surface area contributed by atoms with E-state index in [1.54, 1.807) is 12.1 Å². The van der Waals surface area contributed by atoms with Crippen LogP contribution in [0.5, 0.6) is 5.75 Å². The molecule has 0 heterocycles. The van der Waals surface area contributed by atoms with Crippen molar-refractivity contribution < 1.29 is 29.0 Å². The molecule has 2 rings (SSSR count). The monoisotopic (exact) mass is 442 g/mol. The number of hydrogen-bond donors (Lipinski definition) is 3. The van der Waals surface area contributed by atoms with Gasteiger partial charge in [0.15, 0.2) is 0 Å². The smallest absolute Gasteiger partial charge is 0.408 e. The van der Waals surface area contributed by atoms with Crippen molar-refractivity contribution in [2.75, 3.05) is 7.11 Å². The van der Waals surface area contributed by atoms with Gasteiger partial charge in [-0.05, 0) is 29.2 Å². The summed E-state index contributed by atoms with van der Waals surface area (Å²) in [4.78, 5) is 37.6. The predicted molar refractivity (Wildman–Crippen MR) is 119 cm³/mol. The second kappa shape index (κ2) is 12.3. The topological polar surface area (TPSA) is 114 Å². The third-order valence-corrected chi connectivity index (χ3v) is 5.16. The first-order valence-electron chi connectivity index (χ1n) is 10.5. The molecule has 0 bridgehead atoms. The third-order valence-electron chi connectivity index (χ3n) is 5.16. The molecular weight excluding hydrogens is 412 g/mol. The summed E-state index contributed by atoms with van der Waals surface area (Å²) >= 11 is 0. The van der Waals surface area contributed by atoms with Crippen LogP contribution in [0.4, 0.5) is 4.79 Å². The Hall–Kier alpha value is -3.55. The van der Waals surface area contributed by atoms with E-state index in [-0.39, 0.29) is 24.7 Å². The van der Waals surface area contributed by atoms with E-state index in [2.05, 4.69) is 10.6 Å². The van der Waals surface area contributed by atoms with Crippen LogP contribution in [0.2, 0.25) is 0 Å². The number of phenolic OH excluding ortho intramolecular Hbond substituents is 1. The van der Waals surface area contributed by atoms with Crippen LogP contribution >= 0.6 is 0 Å². The summed E-state index contributed by atoms with van der Waals surface area (Å²) in [5.41, 5.74) is 1.52. The van der Waals surface area contributed by atoms with Crippen LogP contribution in [0.3, 0.4) is 0 Å². The highest BCUT2D eigenvalue weighted by Crippen LogP contribution is 2.13. The third kappa shape index (κ3) is 7.61. The van der Waals surface area contributed by atoms with Crippen molar-refractivity contribution in [3.05, 3.63) is 65.7 Å². The fourth-order valence-electron chi connectivity index (χ4n) is 3.03. The largest absolute Gasteiger partial charge is 0.508 e. The highest BCUT2D eigenvalue weighted by molar-refractivity contribution is 5.90. The lowest BCUT2D eigenvalue weighted by molar-refractivity contribution is -0.146. The number of ether oxygens (including phenoxy) is 2. The number of benzene rings is 2. The zero-order valence-corrected chi connectivity index (χ0v) is 18.5. The standard InChI is InChI=1S/C24H30N2O6/c1-4-16(2)21(23(29)31-3)26-22(28)20(14-17-10-12-19(27)13-11-17)25-24(30)32-15-18-8-6-5-7-9-18/h5-13,16,20-21,27H,4,14-15H2,1-3H3,(H,25,30)(H,26,28)/t16?,20?,21-/m0/s1. The van der Waals surface area contributed by atoms with Crippen LogP contribution in [0, 0.1) is 5.92 Å². The molecule has 2 unspecified atom stereocenters. The van der Waals surface area contributed by atoms with E-state index < -0.39 is 30.1 Å². The summed E-state index contributed by atoms with van der Waals surface area (Å²) in [7, 11) is 1.26. The molecule has 3 atom stereocenters. The van der Waals surface area contributed by atoms with Crippen LogP contribution in [0.25, 0.3) is 0 Å². The van der Waals surface area contributed by atoms with Gasteiger partial charge in [-0.25, -0.2) is 9.59 Å². The van der Waals surface area contributed by atoms with Crippen molar-refractivity contribution in [3.8, 4) is 5.75 Å². The van der Waals surface area contributed by atoms with Gasteiger partial charge in [-0.3, -0.25) is 4.79 Å².